The molecule has 8 nitrogen and oxygen atoms in total. The fourth-order valence-electron chi connectivity index (χ4n) is 4.94. The van der Waals surface area contributed by atoms with Crippen molar-refractivity contribution in [3.63, 3.8) is 0 Å². The molecule has 2 aromatic carbocycles. The molecule has 5 aromatic rings. The van der Waals surface area contributed by atoms with Crippen molar-refractivity contribution in [2.45, 2.75) is 52.5 Å². The molecular weight excluding hydrogens is 531 g/mol. The van der Waals surface area contributed by atoms with Gasteiger partial charge in [-0.25, -0.2) is 9.37 Å². The Labute approximate surface area is 243 Å². The summed E-state index contributed by atoms with van der Waals surface area (Å²) in [5.41, 5.74) is 9.38. The van der Waals surface area contributed by atoms with Gasteiger partial charge in [0.1, 0.15) is 17.3 Å². The number of halogens is 1. The van der Waals surface area contributed by atoms with E-state index in [1.54, 1.807) is 37.6 Å². The third-order valence-electron chi connectivity index (χ3n) is 7.50. The lowest BCUT2D eigenvalue weighted by Gasteiger charge is -2.20. The van der Waals surface area contributed by atoms with E-state index in [-0.39, 0.29) is 16.4 Å². The first-order valence-corrected chi connectivity index (χ1v) is 13.7. The fourth-order valence-corrected chi connectivity index (χ4v) is 4.94. The van der Waals surface area contributed by atoms with E-state index >= 15 is 4.39 Å². The highest BCUT2D eigenvalue weighted by Gasteiger charge is 2.20. The topological polar surface area (TPSA) is 108 Å². The van der Waals surface area contributed by atoms with Crippen LogP contribution in [0.25, 0.3) is 27.6 Å². The number of benzene rings is 2. The summed E-state index contributed by atoms with van der Waals surface area (Å²) in [5.74, 6) is -0.0656. The number of nitrogens with one attached hydrogen (secondary N) is 1. The molecule has 9 heteroatoms. The van der Waals surface area contributed by atoms with Crippen LogP contribution in [0.3, 0.4) is 0 Å². The number of pyridine rings is 2. The minimum absolute atomic E-state index is 0.00654. The Morgan fingerprint density at radius 3 is 2.31 bits per heavy atom. The lowest BCUT2D eigenvalue weighted by atomic mass is 9.86. The van der Waals surface area contributed by atoms with Gasteiger partial charge in [-0.2, -0.15) is 9.78 Å². The summed E-state index contributed by atoms with van der Waals surface area (Å²) in [5, 5.41) is 7.99. The van der Waals surface area contributed by atoms with Crippen molar-refractivity contribution in [1.29, 1.82) is 0 Å². The molecule has 42 heavy (non-hydrogen) atoms. The van der Waals surface area contributed by atoms with Crippen molar-refractivity contribution >= 4 is 22.3 Å². The fraction of sp³-hybridized carbons (Fsp3) is 0.273. The number of hydrogen-bond donors (Lipinski definition) is 2. The Morgan fingerprint density at radius 1 is 0.929 bits per heavy atom. The summed E-state index contributed by atoms with van der Waals surface area (Å²) in [6, 6.07) is 14.1. The van der Waals surface area contributed by atoms with E-state index in [1.807, 2.05) is 65.8 Å². The SMILES string of the molecule is Cc1c(-c2cc(Nc3ccc(C(C)(C)N)cn3)c(=O)n(C)c2)cccc1-n1ncc2cc(C(C)(C)C)cc(F)c2c1=O. The van der Waals surface area contributed by atoms with Crippen LogP contribution < -0.4 is 22.2 Å². The number of hydrogen-bond acceptors (Lipinski definition) is 6. The molecule has 216 valence electrons. The van der Waals surface area contributed by atoms with Gasteiger partial charge in [-0.15, -0.1) is 0 Å². The van der Waals surface area contributed by atoms with Gasteiger partial charge < -0.3 is 15.6 Å². The zero-order valence-electron chi connectivity index (χ0n) is 24.9. The lowest BCUT2D eigenvalue weighted by molar-refractivity contribution is 0.552. The molecule has 0 radical (unpaired) electrons. The Balaban J connectivity index is 1.57. The predicted octanol–water partition coefficient (Wildman–Crippen LogP) is 5.83. The van der Waals surface area contributed by atoms with Crippen LogP contribution in [-0.4, -0.2) is 19.3 Å². The van der Waals surface area contributed by atoms with Crippen LogP contribution in [0, 0.1) is 12.7 Å². The molecule has 0 unspecified atom stereocenters. The molecule has 3 heterocycles. The second kappa shape index (κ2) is 10.3. The number of aromatic nitrogens is 4. The highest BCUT2D eigenvalue weighted by atomic mass is 19.1. The van der Waals surface area contributed by atoms with E-state index in [2.05, 4.69) is 15.4 Å². The highest BCUT2D eigenvalue weighted by Crippen LogP contribution is 2.30. The molecule has 3 N–H and O–H groups in total. The van der Waals surface area contributed by atoms with Gasteiger partial charge in [0, 0.05) is 35.9 Å². The zero-order valence-corrected chi connectivity index (χ0v) is 24.9. The van der Waals surface area contributed by atoms with Gasteiger partial charge in [0.2, 0.25) is 0 Å². The van der Waals surface area contributed by atoms with E-state index in [0.29, 0.717) is 22.6 Å². The number of nitrogens with zero attached hydrogens (tertiary/aromatic N) is 4. The molecule has 3 aromatic heterocycles. The van der Waals surface area contributed by atoms with Crippen molar-refractivity contribution in [1.82, 2.24) is 19.3 Å². The smallest absolute Gasteiger partial charge is 0.282 e. The molecule has 0 atom stereocenters. The van der Waals surface area contributed by atoms with Gasteiger partial charge in [0.25, 0.3) is 11.1 Å². The van der Waals surface area contributed by atoms with Crippen LogP contribution in [0.4, 0.5) is 15.9 Å². The molecule has 0 fully saturated rings. The largest absolute Gasteiger partial charge is 0.336 e. The molecule has 0 aliphatic carbocycles. The van der Waals surface area contributed by atoms with Gasteiger partial charge in [-0.1, -0.05) is 39.0 Å². The Bertz CT molecular complexity index is 1940. The Kier molecular flexibility index (Phi) is 7.10. The Morgan fingerprint density at radius 2 is 1.67 bits per heavy atom. The molecule has 0 saturated carbocycles. The number of anilines is 2. The average Bonchev–Trinajstić information content (AvgIpc) is 2.91. The molecule has 0 bridgehead atoms. The summed E-state index contributed by atoms with van der Waals surface area (Å²) >= 11 is 0. The normalized spacial score (nSPS) is 12.1. The van der Waals surface area contributed by atoms with Crippen LogP contribution in [0.5, 0.6) is 0 Å². The van der Waals surface area contributed by atoms with E-state index in [0.717, 1.165) is 27.8 Å². The summed E-state index contributed by atoms with van der Waals surface area (Å²) in [4.78, 5) is 31.0. The maximum absolute atomic E-state index is 15.3. The van der Waals surface area contributed by atoms with Crippen molar-refractivity contribution in [3.8, 4) is 16.8 Å². The molecule has 0 aliphatic rings. The van der Waals surface area contributed by atoms with E-state index in [1.165, 1.54) is 21.5 Å². The third-order valence-corrected chi connectivity index (χ3v) is 7.50. The number of aryl methyl sites for hydroxylation is 1. The Hall–Kier alpha value is -4.63. The van der Waals surface area contributed by atoms with Crippen LogP contribution in [-0.2, 0) is 18.0 Å². The second-order valence-electron chi connectivity index (χ2n) is 12.3. The van der Waals surface area contributed by atoms with Crippen LogP contribution in [0.15, 0.2) is 76.7 Å². The van der Waals surface area contributed by atoms with Crippen molar-refractivity contribution in [3.05, 3.63) is 110 Å². The molecule has 0 amide bonds. The van der Waals surface area contributed by atoms with Crippen LogP contribution in [0.2, 0.25) is 0 Å². The van der Waals surface area contributed by atoms with Crippen LogP contribution >= 0.6 is 0 Å². The molecule has 0 aliphatic heterocycles. The first-order valence-electron chi connectivity index (χ1n) is 13.7. The van der Waals surface area contributed by atoms with Gasteiger partial charge in [-0.3, -0.25) is 9.59 Å². The average molecular weight is 567 g/mol. The maximum atomic E-state index is 15.3. The second-order valence-corrected chi connectivity index (χ2v) is 12.3. The van der Waals surface area contributed by atoms with Gasteiger partial charge in [0.05, 0.1) is 17.3 Å². The van der Waals surface area contributed by atoms with E-state index in [9.17, 15) is 9.59 Å². The van der Waals surface area contributed by atoms with Gasteiger partial charge in [0.15, 0.2) is 0 Å². The summed E-state index contributed by atoms with van der Waals surface area (Å²) in [6.07, 6.45) is 4.95. The van der Waals surface area contributed by atoms with Crippen LogP contribution in [0.1, 0.15) is 51.3 Å². The molecule has 0 saturated heterocycles. The van der Waals surface area contributed by atoms with E-state index in [4.69, 9.17) is 5.73 Å². The first kappa shape index (κ1) is 28.9. The standard InChI is InChI=1S/C33H35FN6O2/c1-19-24(21-14-26(30(41)39(7)18-21)38-28-12-11-22(17-36-28)33(5,6)35)9-8-10-27(19)40-31(42)29-20(16-37-40)13-23(15-25(29)34)32(2,3)4/h8-18H,35H2,1-7H3,(H,36,38). The maximum Gasteiger partial charge on any atom is 0.282 e. The molecular formula is C33H35FN6O2. The summed E-state index contributed by atoms with van der Waals surface area (Å²) < 4.78 is 18.0. The number of nitrogens with two attached hydrogens (primary N) is 1. The minimum atomic E-state index is -0.571. The molecule has 0 spiro atoms. The lowest BCUT2D eigenvalue weighted by Crippen LogP contribution is -2.28. The number of fused-ring (bicyclic) bond motifs is 1. The quantitative estimate of drug-likeness (QED) is 0.277. The van der Waals surface area contributed by atoms with Crippen molar-refractivity contribution < 1.29 is 4.39 Å². The highest BCUT2D eigenvalue weighted by molar-refractivity contribution is 5.83. The van der Waals surface area contributed by atoms with Crippen molar-refractivity contribution in [2.24, 2.45) is 12.8 Å². The first-order chi connectivity index (χ1) is 19.6. The van der Waals surface area contributed by atoms with E-state index < -0.39 is 16.9 Å². The predicted molar refractivity (Wildman–Crippen MR) is 166 cm³/mol. The number of rotatable bonds is 5. The monoisotopic (exact) mass is 566 g/mol. The summed E-state index contributed by atoms with van der Waals surface area (Å²) in [7, 11) is 1.67. The molecule has 5 rings (SSSR count). The van der Waals surface area contributed by atoms with Gasteiger partial charge in [-0.05, 0) is 78.8 Å². The zero-order chi connectivity index (χ0) is 30.6. The summed E-state index contributed by atoms with van der Waals surface area (Å²) in [6.45, 7) is 11.6. The van der Waals surface area contributed by atoms with Crippen molar-refractivity contribution in [2.75, 3.05) is 5.32 Å². The van der Waals surface area contributed by atoms with Gasteiger partial charge >= 0.3 is 0 Å². The third kappa shape index (κ3) is 5.35. The minimum Gasteiger partial charge on any atom is -0.336 e.